The molecule has 4 aromatic rings. The third-order valence-corrected chi connectivity index (χ3v) is 8.40. The number of hydrogen-bond acceptors (Lipinski definition) is 9. The quantitative estimate of drug-likeness (QED) is 0.253. The Morgan fingerprint density at radius 1 is 1.16 bits per heavy atom. The summed E-state index contributed by atoms with van der Waals surface area (Å²) in [6, 6.07) is 13.5. The topological polar surface area (TPSA) is 115 Å². The molecule has 2 fully saturated rings. The third-order valence-electron chi connectivity index (χ3n) is 8.40. The van der Waals surface area contributed by atoms with E-state index in [0.29, 0.717) is 23.6 Å². The number of imidazole rings is 1. The van der Waals surface area contributed by atoms with Crippen LogP contribution in [0.4, 0.5) is 4.39 Å². The maximum absolute atomic E-state index is 14.3. The highest BCUT2D eigenvalue weighted by Crippen LogP contribution is 2.33. The molecule has 10 nitrogen and oxygen atoms in total. The van der Waals surface area contributed by atoms with Gasteiger partial charge in [-0.05, 0) is 69.6 Å². The lowest BCUT2D eigenvalue weighted by atomic mass is 9.95. The molecule has 2 atom stereocenters. The Hall–Kier alpha value is -4.40. The number of methoxy groups -OCH3 is 1. The number of likely N-dealkylation sites (tertiary alicyclic amines) is 1. The number of nitrogens with zero attached hydrogens (tertiary/aromatic N) is 6. The Bertz CT molecular complexity index is 1670. The summed E-state index contributed by atoms with van der Waals surface area (Å²) in [6.45, 7) is 5.32. The molecule has 2 aromatic carbocycles. The number of carbonyl (C=O) groups is 1. The van der Waals surface area contributed by atoms with E-state index < -0.39 is 5.82 Å². The minimum Gasteiger partial charge on any atom is -0.473 e. The van der Waals surface area contributed by atoms with Gasteiger partial charge in [0.15, 0.2) is 0 Å². The van der Waals surface area contributed by atoms with Crippen molar-refractivity contribution < 1.29 is 23.4 Å². The first-order valence-electron chi connectivity index (χ1n) is 14.5. The highest BCUT2D eigenvalue weighted by Gasteiger charge is 2.30. The fourth-order valence-corrected chi connectivity index (χ4v) is 5.76. The molecular formula is C32H33FN6O4. The van der Waals surface area contributed by atoms with Crippen LogP contribution in [0.1, 0.15) is 71.3 Å². The van der Waals surface area contributed by atoms with Crippen LogP contribution in [0.15, 0.2) is 48.7 Å². The molecule has 222 valence electrons. The van der Waals surface area contributed by atoms with Gasteiger partial charge in [0.05, 0.1) is 54.0 Å². The highest BCUT2D eigenvalue weighted by molar-refractivity contribution is 5.93. The number of benzene rings is 2. The third kappa shape index (κ3) is 6.07. The summed E-state index contributed by atoms with van der Waals surface area (Å²) in [5, 5.41) is 8.95. The maximum Gasteiger partial charge on any atom is 0.337 e. The Morgan fingerprint density at radius 2 is 1.98 bits per heavy atom. The van der Waals surface area contributed by atoms with Crippen molar-refractivity contribution in [1.82, 2.24) is 24.4 Å². The van der Waals surface area contributed by atoms with Crippen molar-refractivity contribution >= 4 is 17.0 Å². The van der Waals surface area contributed by atoms with Gasteiger partial charge in [0.2, 0.25) is 5.88 Å². The van der Waals surface area contributed by atoms with E-state index in [1.54, 1.807) is 30.5 Å². The normalized spacial score (nSPS) is 18.1. The summed E-state index contributed by atoms with van der Waals surface area (Å²) in [7, 11) is 1.38. The molecule has 0 saturated carbocycles. The van der Waals surface area contributed by atoms with Gasteiger partial charge in [0.1, 0.15) is 24.1 Å². The van der Waals surface area contributed by atoms with Gasteiger partial charge in [-0.3, -0.25) is 4.90 Å². The van der Waals surface area contributed by atoms with Crippen molar-refractivity contribution in [2.75, 3.05) is 26.8 Å². The predicted octanol–water partition coefficient (Wildman–Crippen LogP) is 4.93. The van der Waals surface area contributed by atoms with Crippen molar-refractivity contribution in [1.29, 1.82) is 5.26 Å². The molecule has 2 saturated heterocycles. The fraction of sp³-hybridized carbons (Fsp3) is 0.406. The van der Waals surface area contributed by atoms with Gasteiger partial charge < -0.3 is 18.8 Å². The molecule has 0 amide bonds. The van der Waals surface area contributed by atoms with Crippen molar-refractivity contribution in [3.63, 3.8) is 0 Å². The summed E-state index contributed by atoms with van der Waals surface area (Å²) >= 11 is 0. The lowest BCUT2D eigenvalue weighted by Crippen LogP contribution is -2.37. The number of fused-ring (bicyclic) bond motifs is 1. The first-order chi connectivity index (χ1) is 20.9. The second-order valence-electron chi connectivity index (χ2n) is 11.0. The van der Waals surface area contributed by atoms with E-state index in [2.05, 4.69) is 26.4 Å². The molecule has 0 N–H and O–H groups in total. The van der Waals surface area contributed by atoms with Crippen LogP contribution in [0.5, 0.6) is 5.88 Å². The zero-order valence-electron chi connectivity index (χ0n) is 24.2. The van der Waals surface area contributed by atoms with Crippen molar-refractivity contribution in [2.24, 2.45) is 0 Å². The van der Waals surface area contributed by atoms with Crippen LogP contribution in [-0.4, -0.2) is 63.3 Å². The average Bonchev–Trinajstić information content (AvgIpc) is 3.39. The summed E-state index contributed by atoms with van der Waals surface area (Å²) in [6.07, 6.45) is 4.55. The van der Waals surface area contributed by atoms with E-state index in [0.717, 1.165) is 61.6 Å². The van der Waals surface area contributed by atoms with Gasteiger partial charge in [-0.15, -0.1) is 0 Å². The Balaban J connectivity index is 1.13. The maximum atomic E-state index is 14.3. The number of rotatable bonds is 9. The van der Waals surface area contributed by atoms with Gasteiger partial charge in [-0.25, -0.2) is 19.2 Å². The molecule has 0 bridgehead atoms. The van der Waals surface area contributed by atoms with Crippen LogP contribution in [0, 0.1) is 17.1 Å². The van der Waals surface area contributed by atoms with E-state index in [-0.39, 0.29) is 36.2 Å². The van der Waals surface area contributed by atoms with Gasteiger partial charge in [-0.2, -0.15) is 10.2 Å². The number of nitriles is 1. The molecule has 0 aliphatic carbocycles. The van der Waals surface area contributed by atoms with E-state index in [4.69, 9.17) is 24.5 Å². The lowest BCUT2D eigenvalue weighted by molar-refractivity contribution is -0.0594. The Labute approximate surface area is 249 Å². The number of piperidine rings is 1. The molecule has 4 heterocycles. The predicted molar refractivity (Wildman–Crippen MR) is 155 cm³/mol. The molecule has 0 radical (unpaired) electrons. The van der Waals surface area contributed by atoms with Crippen LogP contribution < -0.4 is 4.74 Å². The fourth-order valence-electron chi connectivity index (χ4n) is 5.76. The van der Waals surface area contributed by atoms with Crippen molar-refractivity contribution in [2.45, 2.75) is 57.4 Å². The smallest absolute Gasteiger partial charge is 0.337 e. The Morgan fingerprint density at radius 3 is 2.67 bits per heavy atom. The van der Waals surface area contributed by atoms with Crippen LogP contribution >= 0.6 is 0 Å². The van der Waals surface area contributed by atoms with Gasteiger partial charge >= 0.3 is 5.97 Å². The molecule has 2 aliphatic rings. The lowest BCUT2D eigenvalue weighted by Gasteiger charge is -2.36. The average molecular weight is 585 g/mol. The van der Waals surface area contributed by atoms with Gasteiger partial charge in [-0.1, -0.05) is 6.07 Å². The number of ether oxygens (including phenoxy) is 3. The number of hydrogen-bond donors (Lipinski definition) is 0. The highest BCUT2D eigenvalue weighted by atomic mass is 19.1. The summed E-state index contributed by atoms with van der Waals surface area (Å²) < 4.78 is 32.9. The minimum atomic E-state index is -0.479. The molecule has 0 unspecified atom stereocenters. The molecular weight excluding hydrogens is 551 g/mol. The SMILES string of the molecule is COC(=O)c1ccc2nc([C@H](C)N3CCC(c4nccc(OCc5ccc(C#N)cc5F)n4)CC3)n(C[C@@H]3CCO3)c2c1. The molecule has 43 heavy (non-hydrogen) atoms. The van der Waals surface area contributed by atoms with Crippen LogP contribution in [0.25, 0.3) is 11.0 Å². The van der Waals surface area contributed by atoms with Crippen LogP contribution in [0.3, 0.4) is 0 Å². The second kappa shape index (κ2) is 12.5. The van der Waals surface area contributed by atoms with Crippen LogP contribution in [0.2, 0.25) is 0 Å². The first-order valence-corrected chi connectivity index (χ1v) is 14.5. The molecule has 0 spiro atoms. The monoisotopic (exact) mass is 584 g/mol. The summed E-state index contributed by atoms with van der Waals surface area (Å²) in [5.74, 6) is 1.38. The van der Waals surface area contributed by atoms with Gasteiger partial charge in [0.25, 0.3) is 0 Å². The summed E-state index contributed by atoms with van der Waals surface area (Å²) in [5.41, 5.74) is 2.87. The Kier molecular flexibility index (Phi) is 8.31. The number of halogens is 1. The zero-order chi connectivity index (χ0) is 29.9. The number of aromatic nitrogens is 4. The van der Waals surface area contributed by atoms with Crippen molar-refractivity contribution in [3.05, 3.63) is 82.8 Å². The molecule has 11 heteroatoms. The largest absolute Gasteiger partial charge is 0.473 e. The number of esters is 1. The molecule has 2 aliphatic heterocycles. The standard InChI is InChI=1S/C32H33FN6O4/c1-20(31-36-27-6-5-23(32(40)41-2)16-28(27)39(31)18-25-10-14-42-25)38-12-8-22(9-13-38)30-35-11-7-29(37-30)43-19-24-4-3-21(17-34)15-26(24)33/h3-7,11,15-16,20,22,25H,8-10,12-14,18-19H2,1-2H3/t20-,25-/m0/s1. The zero-order valence-corrected chi connectivity index (χ0v) is 24.2. The van der Waals surface area contributed by atoms with Crippen molar-refractivity contribution in [3.8, 4) is 11.9 Å². The van der Waals surface area contributed by atoms with E-state index in [9.17, 15) is 9.18 Å². The number of carbonyl (C=O) groups excluding carboxylic acids is 1. The van der Waals surface area contributed by atoms with E-state index in [1.807, 2.05) is 18.2 Å². The van der Waals surface area contributed by atoms with Crippen LogP contribution in [-0.2, 0) is 22.6 Å². The molecule has 6 rings (SSSR count). The van der Waals surface area contributed by atoms with Gasteiger partial charge in [0, 0.05) is 30.4 Å². The second-order valence-corrected chi connectivity index (χ2v) is 11.0. The minimum absolute atomic E-state index is 0.0119. The summed E-state index contributed by atoms with van der Waals surface area (Å²) in [4.78, 5) is 28.8. The molecule has 2 aromatic heterocycles. The first kappa shape index (κ1) is 28.7. The van der Waals surface area contributed by atoms with E-state index >= 15 is 0 Å². The van der Waals surface area contributed by atoms with E-state index in [1.165, 1.54) is 13.2 Å².